The van der Waals surface area contributed by atoms with Gasteiger partial charge in [-0.05, 0) is 31.2 Å². The van der Waals surface area contributed by atoms with Crippen LogP contribution in [0.5, 0.6) is 0 Å². The number of carbonyl (C=O) groups excluding carboxylic acids is 1. The molecule has 3 heterocycles. The van der Waals surface area contributed by atoms with E-state index in [1.165, 1.54) is 11.3 Å². The molecule has 0 radical (unpaired) electrons. The molecule has 1 fully saturated rings. The summed E-state index contributed by atoms with van der Waals surface area (Å²) in [6, 6.07) is 3.71. The van der Waals surface area contributed by atoms with Gasteiger partial charge in [-0.1, -0.05) is 0 Å². The molecule has 0 bridgehead atoms. The van der Waals surface area contributed by atoms with Crippen LogP contribution in [-0.2, 0) is 0 Å². The number of thioether (sulfide) groups is 1. The van der Waals surface area contributed by atoms with Crippen LogP contribution in [-0.4, -0.2) is 39.6 Å². The third-order valence-electron chi connectivity index (χ3n) is 3.35. The van der Waals surface area contributed by atoms with Gasteiger partial charge in [0.1, 0.15) is 11.5 Å². The molecule has 1 atom stereocenters. The molecular formula is C14H16N2O3S2. The van der Waals surface area contributed by atoms with Crippen LogP contribution in [0.15, 0.2) is 21.9 Å². The van der Waals surface area contributed by atoms with E-state index < -0.39 is 5.60 Å². The van der Waals surface area contributed by atoms with Crippen LogP contribution in [0.4, 0.5) is 0 Å². The Labute approximate surface area is 130 Å². The van der Waals surface area contributed by atoms with Crippen molar-refractivity contribution in [2.45, 2.75) is 18.9 Å². The van der Waals surface area contributed by atoms with E-state index in [0.29, 0.717) is 28.6 Å². The van der Waals surface area contributed by atoms with Gasteiger partial charge in [0.2, 0.25) is 0 Å². The fourth-order valence-corrected chi connectivity index (χ4v) is 4.17. The zero-order valence-corrected chi connectivity index (χ0v) is 13.2. The van der Waals surface area contributed by atoms with Gasteiger partial charge in [0.15, 0.2) is 10.8 Å². The van der Waals surface area contributed by atoms with E-state index in [4.69, 9.17) is 4.42 Å². The minimum atomic E-state index is -0.780. The van der Waals surface area contributed by atoms with Crippen LogP contribution in [0, 0.1) is 6.92 Å². The van der Waals surface area contributed by atoms with Crippen molar-refractivity contribution in [3.05, 3.63) is 29.0 Å². The summed E-state index contributed by atoms with van der Waals surface area (Å²) in [6.07, 6.45) is 0.714. The molecule has 1 unspecified atom stereocenters. The van der Waals surface area contributed by atoms with Gasteiger partial charge in [-0.2, -0.15) is 11.8 Å². The molecule has 2 N–H and O–H groups in total. The van der Waals surface area contributed by atoms with Crippen molar-refractivity contribution < 1.29 is 14.3 Å². The fourth-order valence-electron chi connectivity index (χ4n) is 2.11. The maximum absolute atomic E-state index is 12.1. The van der Waals surface area contributed by atoms with Crippen LogP contribution in [0.2, 0.25) is 0 Å². The first-order valence-electron chi connectivity index (χ1n) is 6.66. The van der Waals surface area contributed by atoms with E-state index in [9.17, 15) is 9.90 Å². The lowest BCUT2D eigenvalue weighted by Crippen LogP contribution is -2.43. The highest BCUT2D eigenvalue weighted by atomic mass is 32.2. The Balaban J connectivity index is 1.64. The second-order valence-electron chi connectivity index (χ2n) is 5.16. The Bertz CT molecular complexity index is 644. The highest BCUT2D eigenvalue weighted by Crippen LogP contribution is 2.28. The van der Waals surface area contributed by atoms with E-state index in [1.54, 1.807) is 17.1 Å². The standard InChI is InChI=1S/C14H16N2O3S2/c1-9-2-3-11(19-9)13-16-10(6-21-13)12(17)15-7-14(18)4-5-20-8-14/h2-3,6,18H,4-5,7-8H2,1H3,(H,15,17). The Kier molecular flexibility index (Phi) is 4.05. The predicted octanol–water partition coefficient (Wildman–Crippen LogP) is 2.31. The predicted molar refractivity (Wildman–Crippen MR) is 83.8 cm³/mol. The van der Waals surface area contributed by atoms with E-state index >= 15 is 0 Å². The maximum Gasteiger partial charge on any atom is 0.270 e. The number of furan rings is 1. The molecular weight excluding hydrogens is 308 g/mol. The minimum absolute atomic E-state index is 0.258. The zero-order chi connectivity index (χ0) is 14.9. The van der Waals surface area contributed by atoms with E-state index in [-0.39, 0.29) is 12.5 Å². The number of hydrogen-bond donors (Lipinski definition) is 2. The molecule has 1 amide bonds. The van der Waals surface area contributed by atoms with Crippen molar-refractivity contribution in [1.82, 2.24) is 10.3 Å². The average Bonchev–Trinajstić information content (AvgIpc) is 3.16. The molecule has 1 saturated heterocycles. The minimum Gasteiger partial charge on any atom is -0.459 e. The number of aromatic nitrogens is 1. The van der Waals surface area contributed by atoms with Gasteiger partial charge in [0.25, 0.3) is 5.91 Å². The van der Waals surface area contributed by atoms with Gasteiger partial charge in [0, 0.05) is 17.7 Å². The summed E-state index contributed by atoms with van der Waals surface area (Å²) < 4.78 is 5.49. The van der Waals surface area contributed by atoms with E-state index in [1.807, 2.05) is 19.1 Å². The van der Waals surface area contributed by atoms with Gasteiger partial charge in [-0.25, -0.2) is 4.98 Å². The lowest BCUT2D eigenvalue weighted by Gasteiger charge is -2.21. The van der Waals surface area contributed by atoms with Crippen LogP contribution in [0.25, 0.3) is 10.8 Å². The number of aliphatic hydroxyl groups is 1. The molecule has 0 aromatic carbocycles. The molecule has 7 heteroatoms. The first-order chi connectivity index (χ1) is 10.1. The monoisotopic (exact) mass is 324 g/mol. The van der Waals surface area contributed by atoms with Crippen molar-refractivity contribution in [2.75, 3.05) is 18.1 Å². The highest BCUT2D eigenvalue weighted by Gasteiger charge is 2.32. The van der Waals surface area contributed by atoms with Gasteiger partial charge in [-0.3, -0.25) is 4.79 Å². The van der Waals surface area contributed by atoms with Gasteiger partial charge < -0.3 is 14.8 Å². The molecule has 2 aromatic rings. The summed E-state index contributed by atoms with van der Waals surface area (Å²) in [5.41, 5.74) is -0.421. The third kappa shape index (κ3) is 3.30. The number of rotatable bonds is 4. The molecule has 5 nitrogen and oxygen atoms in total. The maximum atomic E-state index is 12.1. The normalized spacial score (nSPS) is 21.6. The second-order valence-corrected chi connectivity index (χ2v) is 7.12. The lowest BCUT2D eigenvalue weighted by atomic mass is 10.0. The molecule has 1 aliphatic heterocycles. The fraction of sp³-hybridized carbons (Fsp3) is 0.429. The lowest BCUT2D eigenvalue weighted by molar-refractivity contribution is 0.0611. The molecule has 2 aromatic heterocycles. The largest absolute Gasteiger partial charge is 0.459 e. The summed E-state index contributed by atoms with van der Waals surface area (Å²) in [4.78, 5) is 16.4. The molecule has 3 rings (SSSR count). The summed E-state index contributed by atoms with van der Waals surface area (Å²) in [6.45, 7) is 2.14. The number of aryl methyl sites for hydroxylation is 1. The number of hydrogen-bond acceptors (Lipinski definition) is 6. The number of thiazole rings is 1. The summed E-state index contributed by atoms with van der Waals surface area (Å²) >= 11 is 3.07. The number of amides is 1. The summed E-state index contributed by atoms with van der Waals surface area (Å²) in [5.74, 6) is 2.83. The first-order valence-corrected chi connectivity index (χ1v) is 8.70. The van der Waals surface area contributed by atoms with Crippen LogP contribution < -0.4 is 5.32 Å². The Hall–Kier alpha value is -1.31. The van der Waals surface area contributed by atoms with Crippen molar-refractivity contribution in [3.63, 3.8) is 0 Å². The van der Waals surface area contributed by atoms with Crippen molar-refractivity contribution >= 4 is 29.0 Å². The second kappa shape index (κ2) is 5.82. The van der Waals surface area contributed by atoms with Gasteiger partial charge in [0.05, 0.1) is 5.60 Å². The number of nitrogens with one attached hydrogen (secondary N) is 1. The Morgan fingerprint density at radius 3 is 3.10 bits per heavy atom. The number of nitrogens with zero attached hydrogens (tertiary/aromatic N) is 1. The summed E-state index contributed by atoms with van der Waals surface area (Å²) in [7, 11) is 0. The molecule has 21 heavy (non-hydrogen) atoms. The molecule has 0 aliphatic carbocycles. The quantitative estimate of drug-likeness (QED) is 0.902. The van der Waals surface area contributed by atoms with Crippen molar-refractivity contribution in [2.24, 2.45) is 0 Å². The molecule has 1 aliphatic rings. The summed E-state index contributed by atoms with van der Waals surface area (Å²) in [5, 5.41) is 15.4. The molecule has 0 spiro atoms. The van der Waals surface area contributed by atoms with Crippen LogP contribution in [0.1, 0.15) is 22.7 Å². The Morgan fingerprint density at radius 2 is 2.43 bits per heavy atom. The van der Waals surface area contributed by atoms with Gasteiger partial charge >= 0.3 is 0 Å². The van der Waals surface area contributed by atoms with Gasteiger partial charge in [-0.15, -0.1) is 11.3 Å². The number of carbonyl (C=O) groups is 1. The van der Waals surface area contributed by atoms with Crippen LogP contribution in [0.3, 0.4) is 0 Å². The SMILES string of the molecule is Cc1ccc(-c2nc(C(=O)NCC3(O)CCSC3)cs2)o1. The molecule has 112 valence electrons. The first kappa shape index (κ1) is 14.6. The van der Waals surface area contributed by atoms with Crippen LogP contribution >= 0.6 is 23.1 Å². The van der Waals surface area contributed by atoms with Crippen molar-refractivity contribution in [1.29, 1.82) is 0 Å². The topological polar surface area (TPSA) is 75.4 Å². The van der Waals surface area contributed by atoms with E-state index in [2.05, 4.69) is 10.3 Å². The zero-order valence-electron chi connectivity index (χ0n) is 11.6. The van der Waals surface area contributed by atoms with Crippen molar-refractivity contribution in [3.8, 4) is 10.8 Å². The average molecular weight is 324 g/mol. The third-order valence-corrected chi connectivity index (χ3v) is 5.44. The smallest absolute Gasteiger partial charge is 0.270 e. The molecule has 0 saturated carbocycles. The Morgan fingerprint density at radius 1 is 1.57 bits per heavy atom. The highest BCUT2D eigenvalue weighted by molar-refractivity contribution is 7.99. The van der Waals surface area contributed by atoms with E-state index in [0.717, 1.165) is 11.5 Å².